The lowest BCUT2D eigenvalue weighted by atomic mass is 9.95. The number of fused-ring (bicyclic) bond motifs is 2. The van der Waals surface area contributed by atoms with Crippen LogP contribution in [0.2, 0.25) is 0 Å². The fourth-order valence-electron chi connectivity index (χ4n) is 4.59. The van der Waals surface area contributed by atoms with Crippen LogP contribution in [0, 0.1) is 0 Å². The molecule has 6 nitrogen and oxygen atoms in total. The van der Waals surface area contributed by atoms with Crippen molar-refractivity contribution in [1.82, 2.24) is 4.90 Å². The third kappa shape index (κ3) is 4.65. The zero-order valence-corrected chi connectivity index (χ0v) is 17.1. The maximum absolute atomic E-state index is 13.4. The molecule has 1 saturated heterocycles. The molecule has 2 aromatic carbocycles. The topological polar surface area (TPSA) is 70.1 Å². The van der Waals surface area contributed by atoms with Crippen LogP contribution in [0.25, 0.3) is 0 Å². The van der Waals surface area contributed by atoms with Crippen molar-refractivity contribution < 1.29 is 19.4 Å². The zero-order valence-electron chi connectivity index (χ0n) is 17.1. The van der Waals surface area contributed by atoms with Gasteiger partial charge >= 0.3 is 6.16 Å². The first-order valence-electron chi connectivity index (χ1n) is 10.7. The number of hydrogen-bond acceptors (Lipinski definition) is 4. The van der Waals surface area contributed by atoms with E-state index in [2.05, 4.69) is 17.0 Å². The highest BCUT2D eigenvalue weighted by atomic mass is 16.7. The van der Waals surface area contributed by atoms with Gasteiger partial charge in [0, 0.05) is 24.3 Å². The molecule has 0 bridgehead atoms. The monoisotopic (exact) mass is 408 g/mol. The number of amides is 1. The maximum atomic E-state index is 13.4. The number of likely N-dealkylation sites (tertiary alicyclic amines) is 1. The summed E-state index contributed by atoms with van der Waals surface area (Å²) in [4.78, 5) is 28.4. The van der Waals surface area contributed by atoms with E-state index in [4.69, 9.17) is 9.84 Å². The summed E-state index contributed by atoms with van der Waals surface area (Å²) in [7, 11) is 0. The normalized spacial score (nSPS) is 19.4. The Hall–Kier alpha value is -2.86. The molecule has 2 aliphatic heterocycles. The van der Waals surface area contributed by atoms with E-state index in [9.17, 15) is 9.59 Å². The van der Waals surface area contributed by atoms with Crippen LogP contribution in [0.15, 0.2) is 48.5 Å². The van der Waals surface area contributed by atoms with E-state index in [1.165, 1.54) is 5.56 Å². The molecule has 0 saturated carbocycles. The summed E-state index contributed by atoms with van der Waals surface area (Å²) >= 11 is 0. The van der Waals surface area contributed by atoms with Crippen LogP contribution in [0.4, 0.5) is 10.5 Å². The Kier molecular flexibility index (Phi) is 6.33. The molecule has 1 amide bonds. The summed E-state index contributed by atoms with van der Waals surface area (Å²) < 4.78 is 4.96. The summed E-state index contributed by atoms with van der Waals surface area (Å²) in [5.41, 5.74) is 4.10. The fraction of sp³-hybridized carbons (Fsp3) is 0.417. The second-order valence-corrected chi connectivity index (χ2v) is 8.04. The lowest BCUT2D eigenvalue weighted by Gasteiger charge is -2.33. The molecule has 0 radical (unpaired) electrons. The summed E-state index contributed by atoms with van der Waals surface area (Å²) in [5.74, 6) is 0.0588. The number of nitrogens with zero attached hydrogens (tertiary/aromatic N) is 2. The molecule has 158 valence electrons. The zero-order chi connectivity index (χ0) is 20.9. The molecule has 0 aliphatic carbocycles. The Morgan fingerprint density at radius 2 is 1.77 bits per heavy atom. The van der Waals surface area contributed by atoms with E-state index in [0.29, 0.717) is 13.1 Å². The first-order valence-corrected chi connectivity index (χ1v) is 10.7. The molecular formula is C24H28N2O4. The smallest absolute Gasteiger partial charge is 0.450 e. The van der Waals surface area contributed by atoms with Gasteiger partial charge in [-0.1, -0.05) is 36.4 Å². The van der Waals surface area contributed by atoms with E-state index >= 15 is 0 Å². The Morgan fingerprint density at radius 3 is 2.60 bits per heavy atom. The van der Waals surface area contributed by atoms with Gasteiger partial charge in [0.2, 0.25) is 0 Å². The van der Waals surface area contributed by atoms with Crippen LogP contribution in [0.1, 0.15) is 40.7 Å². The highest BCUT2D eigenvalue weighted by molar-refractivity contribution is 6.07. The molecular weight excluding hydrogens is 380 g/mol. The lowest BCUT2D eigenvalue weighted by molar-refractivity contribution is 0.0134. The van der Waals surface area contributed by atoms with Crippen molar-refractivity contribution in [3.8, 4) is 0 Å². The second kappa shape index (κ2) is 9.30. The number of anilines is 1. The first-order chi connectivity index (χ1) is 14.6. The average molecular weight is 408 g/mol. The predicted molar refractivity (Wildman–Crippen MR) is 115 cm³/mol. The molecule has 0 aromatic heterocycles. The summed E-state index contributed by atoms with van der Waals surface area (Å²) in [6.45, 7) is 3.00. The minimum absolute atomic E-state index is 0.0588. The van der Waals surface area contributed by atoms with Crippen LogP contribution in [0.5, 0.6) is 0 Å². The van der Waals surface area contributed by atoms with Gasteiger partial charge in [-0.15, -0.1) is 0 Å². The molecule has 2 aliphatic rings. The van der Waals surface area contributed by atoms with Gasteiger partial charge in [-0.05, 0) is 68.5 Å². The van der Waals surface area contributed by atoms with Gasteiger partial charge in [0.25, 0.3) is 5.91 Å². The fourth-order valence-corrected chi connectivity index (χ4v) is 4.59. The highest BCUT2D eigenvalue weighted by Gasteiger charge is 2.26. The quantitative estimate of drug-likeness (QED) is 0.758. The lowest BCUT2D eigenvalue weighted by Crippen LogP contribution is -2.42. The molecule has 1 N–H and O–H groups in total. The van der Waals surface area contributed by atoms with Crippen molar-refractivity contribution in [2.75, 3.05) is 31.1 Å². The predicted octanol–water partition coefficient (Wildman–Crippen LogP) is 3.98. The molecule has 2 heterocycles. The van der Waals surface area contributed by atoms with Crippen molar-refractivity contribution >= 4 is 17.7 Å². The third-order valence-electron chi connectivity index (χ3n) is 6.02. The SMILES string of the molecule is O=C(O)OC1CCCN(CCCN2C(=O)c3ccccc3CCc3ccccc32)C1. The van der Waals surface area contributed by atoms with E-state index in [0.717, 1.165) is 62.0 Å². The molecule has 4 rings (SSSR count). The molecule has 6 heteroatoms. The Morgan fingerprint density at radius 1 is 1.03 bits per heavy atom. The van der Waals surface area contributed by atoms with Gasteiger partial charge in [0.05, 0.1) is 0 Å². The molecule has 1 fully saturated rings. The van der Waals surface area contributed by atoms with Crippen LogP contribution < -0.4 is 4.90 Å². The number of para-hydroxylation sites is 1. The van der Waals surface area contributed by atoms with Gasteiger partial charge in [-0.3, -0.25) is 9.69 Å². The Labute approximate surface area is 177 Å². The number of rotatable bonds is 5. The number of benzene rings is 2. The van der Waals surface area contributed by atoms with Gasteiger partial charge < -0.3 is 14.7 Å². The number of aryl methyl sites for hydroxylation is 2. The van der Waals surface area contributed by atoms with Crippen LogP contribution in [-0.4, -0.2) is 54.4 Å². The van der Waals surface area contributed by atoms with E-state index in [-0.39, 0.29) is 12.0 Å². The van der Waals surface area contributed by atoms with E-state index in [1.54, 1.807) is 0 Å². The van der Waals surface area contributed by atoms with Crippen LogP contribution in [0.3, 0.4) is 0 Å². The van der Waals surface area contributed by atoms with Gasteiger partial charge in [0.1, 0.15) is 6.10 Å². The third-order valence-corrected chi connectivity index (χ3v) is 6.02. The van der Waals surface area contributed by atoms with Crippen molar-refractivity contribution in [2.45, 2.75) is 38.2 Å². The van der Waals surface area contributed by atoms with Crippen LogP contribution in [-0.2, 0) is 17.6 Å². The molecule has 1 unspecified atom stereocenters. The molecule has 0 spiro atoms. The minimum atomic E-state index is -1.21. The maximum Gasteiger partial charge on any atom is 0.506 e. The Bertz CT molecular complexity index is 914. The number of ether oxygens (including phenoxy) is 1. The van der Waals surface area contributed by atoms with Gasteiger partial charge in [-0.25, -0.2) is 4.79 Å². The molecule has 2 aromatic rings. The van der Waals surface area contributed by atoms with E-state index in [1.807, 2.05) is 41.3 Å². The number of piperidine rings is 1. The minimum Gasteiger partial charge on any atom is -0.450 e. The summed E-state index contributed by atoms with van der Waals surface area (Å²) in [6.07, 6.45) is 2.84. The van der Waals surface area contributed by atoms with Crippen molar-refractivity contribution in [1.29, 1.82) is 0 Å². The number of carbonyl (C=O) groups excluding carboxylic acids is 1. The van der Waals surface area contributed by atoms with Gasteiger partial charge in [-0.2, -0.15) is 0 Å². The van der Waals surface area contributed by atoms with E-state index < -0.39 is 6.16 Å². The standard InChI is InChI=1S/C24H28N2O4/c27-23-21-10-3-1-7-18(21)12-13-19-8-2-4-11-22(19)26(23)16-6-15-25-14-5-9-20(17-25)30-24(28)29/h1-4,7-8,10-11,20H,5-6,9,12-17H2,(H,28,29). The number of hydrogen-bond donors (Lipinski definition) is 1. The van der Waals surface area contributed by atoms with Gasteiger partial charge in [0.15, 0.2) is 0 Å². The molecule has 1 atom stereocenters. The largest absolute Gasteiger partial charge is 0.506 e. The van der Waals surface area contributed by atoms with Crippen molar-refractivity contribution in [3.63, 3.8) is 0 Å². The van der Waals surface area contributed by atoms with Crippen molar-refractivity contribution in [2.24, 2.45) is 0 Å². The van der Waals surface area contributed by atoms with Crippen LogP contribution >= 0.6 is 0 Å². The van der Waals surface area contributed by atoms with Crippen molar-refractivity contribution in [3.05, 3.63) is 65.2 Å². The first kappa shape index (κ1) is 20.4. The number of carbonyl (C=O) groups is 2. The molecule has 30 heavy (non-hydrogen) atoms. The Balaban J connectivity index is 1.46. The second-order valence-electron chi connectivity index (χ2n) is 8.04. The average Bonchev–Trinajstić information content (AvgIpc) is 2.74. The highest BCUT2D eigenvalue weighted by Crippen LogP contribution is 2.28. The number of carboxylic acid groups (broad SMARTS) is 1. The summed E-state index contributed by atoms with van der Waals surface area (Å²) in [5, 5.41) is 8.87. The summed E-state index contributed by atoms with van der Waals surface area (Å²) in [6, 6.07) is 16.1.